The summed E-state index contributed by atoms with van der Waals surface area (Å²) in [6.07, 6.45) is 1.48. The average molecular weight is 451 g/mol. The van der Waals surface area contributed by atoms with Crippen molar-refractivity contribution in [3.05, 3.63) is 77.1 Å². The Morgan fingerprint density at radius 2 is 1.91 bits per heavy atom. The lowest BCUT2D eigenvalue weighted by Crippen LogP contribution is -2.16. The van der Waals surface area contributed by atoms with Gasteiger partial charge in [0.25, 0.3) is 0 Å². The van der Waals surface area contributed by atoms with Crippen LogP contribution in [0.1, 0.15) is 41.1 Å². The Morgan fingerprint density at radius 3 is 2.59 bits per heavy atom. The first kappa shape index (κ1) is 23.6. The fourth-order valence-corrected chi connectivity index (χ4v) is 4.22. The highest BCUT2D eigenvalue weighted by Crippen LogP contribution is 2.26. The van der Waals surface area contributed by atoms with Gasteiger partial charge in [0.2, 0.25) is 5.91 Å². The number of nitrogens with one attached hydrogen (secondary N) is 1. The Kier molecular flexibility index (Phi) is 7.75. The molecule has 1 aromatic heterocycles. The molecule has 2 aromatic carbocycles. The van der Waals surface area contributed by atoms with Gasteiger partial charge in [0.05, 0.1) is 5.75 Å². The van der Waals surface area contributed by atoms with E-state index >= 15 is 0 Å². The molecule has 0 radical (unpaired) electrons. The van der Waals surface area contributed by atoms with Crippen LogP contribution < -0.4 is 10.1 Å². The lowest BCUT2D eigenvalue weighted by atomic mass is 10.1. The number of anilines is 1. The van der Waals surface area contributed by atoms with Crippen molar-refractivity contribution in [1.82, 2.24) is 14.8 Å². The van der Waals surface area contributed by atoms with E-state index in [-0.39, 0.29) is 17.8 Å². The minimum atomic E-state index is -0.304. The van der Waals surface area contributed by atoms with Gasteiger partial charge in [-0.2, -0.15) is 0 Å². The van der Waals surface area contributed by atoms with Crippen molar-refractivity contribution in [2.75, 3.05) is 11.1 Å². The van der Waals surface area contributed by atoms with Crippen LogP contribution in [-0.2, 0) is 11.3 Å². The SMILES string of the molecule is C=CCn1c(SCC(=O)Nc2cccc(C)c2C)nnc1C(C)Oc1cc(C)cc(C)c1. The van der Waals surface area contributed by atoms with Crippen molar-refractivity contribution in [3.8, 4) is 5.75 Å². The van der Waals surface area contributed by atoms with E-state index < -0.39 is 0 Å². The Labute approximate surface area is 194 Å². The molecule has 0 saturated carbocycles. The van der Waals surface area contributed by atoms with Crippen LogP contribution in [0.3, 0.4) is 0 Å². The summed E-state index contributed by atoms with van der Waals surface area (Å²) in [5, 5.41) is 12.3. The van der Waals surface area contributed by atoms with Crippen molar-refractivity contribution in [2.24, 2.45) is 0 Å². The molecule has 1 atom stereocenters. The van der Waals surface area contributed by atoms with Crippen LogP contribution in [0.5, 0.6) is 5.75 Å². The predicted octanol–water partition coefficient (Wildman–Crippen LogP) is 5.57. The van der Waals surface area contributed by atoms with Gasteiger partial charge < -0.3 is 10.1 Å². The van der Waals surface area contributed by atoms with E-state index in [9.17, 15) is 4.79 Å². The molecule has 6 nitrogen and oxygen atoms in total. The summed E-state index contributed by atoms with van der Waals surface area (Å²) in [6, 6.07) is 12.0. The summed E-state index contributed by atoms with van der Waals surface area (Å²) in [5.41, 5.74) is 5.33. The molecular formula is C25H30N4O2S. The number of aromatic nitrogens is 3. The monoisotopic (exact) mass is 450 g/mol. The number of benzene rings is 2. The summed E-state index contributed by atoms with van der Waals surface area (Å²) in [5.74, 6) is 1.64. The number of nitrogens with zero attached hydrogens (tertiary/aromatic N) is 3. The van der Waals surface area contributed by atoms with Crippen molar-refractivity contribution in [2.45, 2.75) is 52.4 Å². The molecule has 0 aliphatic carbocycles. The largest absolute Gasteiger partial charge is 0.483 e. The van der Waals surface area contributed by atoms with Gasteiger partial charge >= 0.3 is 0 Å². The molecule has 7 heteroatoms. The molecule has 1 unspecified atom stereocenters. The van der Waals surface area contributed by atoms with Gasteiger partial charge in [-0.05, 0) is 75.1 Å². The number of ether oxygens (including phenoxy) is 1. The summed E-state index contributed by atoms with van der Waals surface area (Å²) in [6.45, 7) is 14.4. The standard InChI is InChI=1S/C25H30N4O2S/c1-7-11-29-24(20(6)31-21-13-16(2)12-17(3)14-21)27-28-25(29)32-15-23(30)26-22-10-8-9-18(4)19(22)5/h7-10,12-14,20H,1,11,15H2,2-6H3,(H,26,30). The predicted molar refractivity (Wildman–Crippen MR) is 130 cm³/mol. The number of hydrogen-bond acceptors (Lipinski definition) is 5. The molecular weight excluding hydrogens is 420 g/mol. The fourth-order valence-electron chi connectivity index (χ4n) is 3.47. The third-order valence-corrected chi connectivity index (χ3v) is 6.11. The molecule has 3 aromatic rings. The highest BCUT2D eigenvalue weighted by molar-refractivity contribution is 7.99. The summed E-state index contributed by atoms with van der Waals surface area (Å²) in [4.78, 5) is 12.5. The highest BCUT2D eigenvalue weighted by Gasteiger charge is 2.20. The van der Waals surface area contributed by atoms with Crippen LogP contribution in [-0.4, -0.2) is 26.4 Å². The maximum Gasteiger partial charge on any atom is 0.234 e. The Bertz CT molecular complexity index is 1100. The Balaban J connectivity index is 1.70. The zero-order valence-electron chi connectivity index (χ0n) is 19.3. The van der Waals surface area contributed by atoms with E-state index in [0.29, 0.717) is 17.5 Å². The number of aryl methyl sites for hydroxylation is 3. The minimum absolute atomic E-state index is 0.0852. The number of allylic oxidation sites excluding steroid dienone is 1. The van der Waals surface area contributed by atoms with Gasteiger partial charge in [-0.25, -0.2) is 0 Å². The van der Waals surface area contributed by atoms with E-state index in [1.54, 1.807) is 6.08 Å². The van der Waals surface area contributed by atoms with Gasteiger partial charge in [0, 0.05) is 12.2 Å². The number of rotatable bonds is 9. The van der Waals surface area contributed by atoms with Crippen molar-refractivity contribution in [1.29, 1.82) is 0 Å². The molecule has 3 rings (SSSR count). The minimum Gasteiger partial charge on any atom is -0.483 e. The van der Waals surface area contributed by atoms with Crippen LogP contribution in [0.15, 0.2) is 54.2 Å². The molecule has 1 N–H and O–H groups in total. The van der Waals surface area contributed by atoms with Crippen molar-refractivity contribution in [3.63, 3.8) is 0 Å². The molecule has 0 aliphatic rings. The second kappa shape index (κ2) is 10.5. The molecule has 0 fully saturated rings. The molecule has 0 bridgehead atoms. The van der Waals surface area contributed by atoms with Gasteiger partial charge in [0.1, 0.15) is 5.75 Å². The number of carbonyl (C=O) groups is 1. The second-order valence-electron chi connectivity index (χ2n) is 7.91. The topological polar surface area (TPSA) is 69.0 Å². The van der Waals surface area contributed by atoms with Gasteiger partial charge in [-0.1, -0.05) is 36.0 Å². The highest BCUT2D eigenvalue weighted by atomic mass is 32.2. The van der Waals surface area contributed by atoms with E-state index in [1.807, 2.05) is 69.5 Å². The average Bonchev–Trinajstić information content (AvgIpc) is 3.12. The van der Waals surface area contributed by atoms with Gasteiger partial charge in [-0.15, -0.1) is 16.8 Å². The zero-order chi connectivity index (χ0) is 23.3. The first-order valence-electron chi connectivity index (χ1n) is 10.6. The van der Waals surface area contributed by atoms with Crippen LogP contribution >= 0.6 is 11.8 Å². The molecule has 1 heterocycles. The number of carbonyl (C=O) groups excluding carboxylic acids is 1. The maximum atomic E-state index is 12.5. The van der Waals surface area contributed by atoms with Crippen molar-refractivity contribution < 1.29 is 9.53 Å². The summed E-state index contributed by atoms with van der Waals surface area (Å²) < 4.78 is 8.09. The third-order valence-electron chi connectivity index (χ3n) is 5.14. The van der Waals surface area contributed by atoms with Crippen LogP contribution in [0.2, 0.25) is 0 Å². The van der Waals surface area contributed by atoms with E-state index in [0.717, 1.165) is 33.7 Å². The lowest BCUT2D eigenvalue weighted by Gasteiger charge is -2.16. The van der Waals surface area contributed by atoms with Gasteiger partial charge in [0.15, 0.2) is 17.1 Å². The molecule has 0 aliphatic heterocycles. The van der Waals surface area contributed by atoms with Crippen LogP contribution in [0.4, 0.5) is 5.69 Å². The Morgan fingerprint density at radius 1 is 1.19 bits per heavy atom. The molecule has 1 amide bonds. The number of amides is 1. The van der Waals surface area contributed by atoms with Crippen LogP contribution in [0, 0.1) is 27.7 Å². The third kappa shape index (κ3) is 5.79. The van der Waals surface area contributed by atoms with E-state index in [1.165, 1.54) is 11.8 Å². The fraction of sp³-hybridized carbons (Fsp3) is 0.320. The van der Waals surface area contributed by atoms with E-state index in [2.05, 4.69) is 28.2 Å². The smallest absolute Gasteiger partial charge is 0.234 e. The summed E-state index contributed by atoms with van der Waals surface area (Å²) >= 11 is 1.35. The van der Waals surface area contributed by atoms with Gasteiger partial charge in [-0.3, -0.25) is 9.36 Å². The summed E-state index contributed by atoms with van der Waals surface area (Å²) in [7, 11) is 0. The zero-order valence-corrected chi connectivity index (χ0v) is 20.1. The second-order valence-corrected chi connectivity index (χ2v) is 8.85. The number of hydrogen-bond donors (Lipinski definition) is 1. The molecule has 0 saturated heterocycles. The Hall–Kier alpha value is -3.06. The maximum absolute atomic E-state index is 12.5. The van der Waals surface area contributed by atoms with E-state index in [4.69, 9.17) is 4.74 Å². The first-order valence-corrected chi connectivity index (χ1v) is 11.5. The quantitative estimate of drug-likeness (QED) is 0.341. The lowest BCUT2D eigenvalue weighted by molar-refractivity contribution is -0.113. The number of thioether (sulfide) groups is 1. The normalized spacial score (nSPS) is 11.8. The molecule has 168 valence electrons. The molecule has 0 spiro atoms. The molecule has 32 heavy (non-hydrogen) atoms. The van der Waals surface area contributed by atoms with Crippen molar-refractivity contribution >= 4 is 23.4 Å². The van der Waals surface area contributed by atoms with Crippen LogP contribution in [0.25, 0.3) is 0 Å². The first-order chi connectivity index (χ1) is 15.3.